The number of hydrogen-bond donors (Lipinski definition) is 0. The van der Waals surface area contributed by atoms with Gasteiger partial charge < -0.3 is 9.30 Å². The van der Waals surface area contributed by atoms with Gasteiger partial charge in [-0.3, -0.25) is 4.98 Å². The van der Waals surface area contributed by atoms with Crippen molar-refractivity contribution in [3.63, 3.8) is 0 Å². The minimum Gasteiger partial charge on any atom is -0.373 e. The van der Waals surface area contributed by atoms with E-state index in [1.807, 2.05) is 30.6 Å². The molecule has 4 heteroatoms. The minimum absolute atomic E-state index is 0.149. The fourth-order valence-corrected chi connectivity index (χ4v) is 3.67. The van der Waals surface area contributed by atoms with Gasteiger partial charge >= 0.3 is 0 Å². The van der Waals surface area contributed by atoms with Crippen LogP contribution in [0.15, 0.2) is 36.8 Å². The van der Waals surface area contributed by atoms with Gasteiger partial charge in [0.1, 0.15) is 5.69 Å². The molecule has 2 aromatic rings. The molecule has 0 bridgehead atoms. The fraction of sp³-hybridized carbons (Fsp3) is 0.500. The van der Waals surface area contributed by atoms with Crippen molar-refractivity contribution in [1.29, 1.82) is 0 Å². The molecule has 104 valence electrons. The van der Waals surface area contributed by atoms with Gasteiger partial charge in [0.2, 0.25) is 0 Å². The van der Waals surface area contributed by atoms with Crippen molar-refractivity contribution < 1.29 is 4.74 Å². The van der Waals surface area contributed by atoms with E-state index in [0.717, 1.165) is 24.5 Å². The van der Waals surface area contributed by atoms with Crippen molar-refractivity contribution in [2.45, 2.75) is 43.7 Å². The Kier molecular flexibility index (Phi) is 2.84. The second kappa shape index (κ2) is 4.70. The number of rotatable bonds is 2. The van der Waals surface area contributed by atoms with Gasteiger partial charge in [-0.25, -0.2) is 4.98 Å². The van der Waals surface area contributed by atoms with E-state index in [9.17, 15) is 0 Å². The summed E-state index contributed by atoms with van der Waals surface area (Å²) in [4.78, 5) is 8.91. The Hall–Kier alpha value is -1.68. The Labute approximate surface area is 118 Å². The van der Waals surface area contributed by atoms with E-state index in [-0.39, 0.29) is 5.60 Å². The third kappa shape index (κ3) is 1.95. The summed E-state index contributed by atoms with van der Waals surface area (Å²) < 4.78 is 8.41. The first-order valence-electron chi connectivity index (χ1n) is 7.45. The zero-order valence-electron chi connectivity index (χ0n) is 11.5. The molecule has 4 nitrogen and oxygen atoms in total. The molecule has 4 rings (SSSR count). The summed E-state index contributed by atoms with van der Waals surface area (Å²) in [5.41, 5.74) is 1.08. The van der Waals surface area contributed by atoms with Gasteiger partial charge in [-0.1, -0.05) is 18.9 Å². The molecular weight excluding hydrogens is 250 g/mol. The lowest BCUT2D eigenvalue weighted by molar-refractivity contribution is 0.00960. The molecule has 2 aliphatic rings. The van der Waals surface area contributed by atoms with Crippen molar-refractivity contribution in [1.82, 2.24) is 14.5 Å². The van der Waals surface area contributed by atoms with Crippen LogP contribution in [-0.4, -0.2) is 26.7 Å². The molecule has 0 amide bonds. The van der Waals surface area contributed by atoms with Gasteiger partial charge in [-0.05, 0) is 31.4 Å². The lowest BCUT2D eigenvalue weighted by Crippen LogP contribution is -2.23. The molecule has 1 saturated heterocycles. The van der Waals surface area contributed by atoms with Gasteiger partial charge in [-0.15, -0.1) is 0 Å². The van der Waals surface area contributed by atoms with Crippen molar-refractivity contribution in [3.05, 3.63) is 36.8 Å². The Morgan fingerprint density at radius 3 is 2.85 bits per heavy atom. The van der Waals surface area contributed by atoms with Crippen LogP contribution in [0.3, 0.4) is 0 Å². The highest BCUT2D eigenvalue weighted by atomic mass is 16.5. The van der Waals surface area contributed by atoms with Crippen LogP contribution in [-0.2, 0) is 4.74 Å². The molecule has 3 heterocycles. The zero-order valence-corrected chi connectivity index (χ0v) is 11.5. The van der Waals surface area contributed by atoms with Crippen molar-refractivity contribution in [3.8, 4) is 11.5 Å². The Morgan fingerprint density at radius 1 is 1.15 bits per heavy atom. The van der Waals surface area contributed by atoms with Crippen LogP contribution in [0.4, 0.5) is 0 Å². The molecule has 1 spiro atoms. The molecule has 1 unspecified atom stereocenters. The van der Waals surface area contributed by atoms with E-state index < -0.39 is 0 Å². The first kappa shape index (κ1) is 12.1. The fourth-order valence-electron chi connectivity index (χ4n) is 3.67. The second-order valence-electron chi connectivity index (χ2n) is 5.93. The zero-order chi connectivity index (χ0) is 13.4. The summed E-state index contributed by atoms with van der Waals surface area (Å²) in [7, 11) is 0. The number of aromatic nitrogens is 3. The number of hydrogen-bond acceptors (Lipinski definition) is 3. The molecule has 1 atom stereocenters. The molecule has 0 radical (unpaired) electrons. The first-order chi connectivity index (χ1) is 9.86. The smallest absolute Gasteiger partial charge is 0.158 e. The van der Waals surface area contributed by atoms with Gasteiger partial charge in [0.15, 0.2) is 5.82 Å². The maximum Gasteiger partial charge on any atom is 0.158 e. The Morgan fingerprint density at radius 2 is 2.05 bits per heavy atom. The summed E-state index contributed by atoms with van der Waals surface area (Å²) in [6, 6.07) is 6.35. The monoisotopic (exact) mass is 269 g/mol. The molecule has 1 saturated carbocycles. The molecule has 1 aliphatic carbocycles. The number of imidazole rings is 1. The van der Waals surface area contributed by atoms with Crippen LogP contribution in [0.25, 0.3) is 11.5 Å². The van der Waals surface area contributed by atoms with E-state index >= 15 is 0 Å². The molecular formula is C16H19N3O. The number of ether oxygens (including phenoxy) is 1. The predicted molar refractivity (Wildman–Crippen MR) is 76.3 cm³/mol. The highest BCUT2D eigenvalue weighted by Gasteiger charge is 2.43. The van der Waals surface area contributed by atoms with Gasteiger partial charge in [0, 0.05) is 18.6 Å². The summed E-state index contributed by atoms with van der Waals surface area (Å²) in [6.45, 7) is 0.802. The van der Waals surface area contributed by atoms with Crippen LogP contribution in [0.2, 0.25) is 0 Å². The van der Waals surface area contributed by atoms with E-state index in [1.165, 1.54) is 25.7 Å². The molecule has 1 aliphatic heterocycles. The van der Waals surface area contributed by atoms with Gasteiger partial charge in [0.25, 0.3) is 0 Å². The van der Waals surface area contributed by atoms with Crippen LogP contribution in [0.5, 0.6) is 0 Å². The largest absolute Gasteiger partial charge is 0.373 e. The third-order valence-electron chi connectivity index (χ3n) is 4.66. The van der Waals surface area contributed by atoms with Gasteiger partial charge in [-0.2, -0.15) is 0 Å². The van der Waals surface area contributed by atoms with Crippen molar-refractivity contribution in [2.75, 3.05) is 6.61 Å². The second-order valence-corrected chi connectivity index (χ2v) is 5.93. The Balaban J connectivity index is 1.63. The van der Waals surface area contributed by atoms with Crippen molar-refractivity contribution >= 4 is 0 Å². The summed E-state index contributed by atoms with van der Waals surface area (Å²) >= 11 is 0. The molecule has 0 aromatic carbocycles. The van der Waals surface area contributed by atoms with Crippen LogP contribution in [0.1, 0.15) is 38.1 Å². The molecule has 20 heavy (non-hydrogen) atoms. The van der Waals surface area contributed by atoms with E-state index in [2.05, 4.69) is 20.7 Å². The first-order valence-corrected chi connectivity index (χ1v) is 7.45. The highest BCUT2D eigenvalue weighted by Crippen LogP contribution is 2.45. The van der Waals surface area contributed by atoms with Crippen LogP contribution < -0.4 is 0 Å². The number of nitrogens with zero attached hydrogens (tertiary/aromatic N) is 3. The average molecular weight is 269 g/mol. The summed E-state index contributed by atoms with van der Waals surface area (Å²) in [5, 5.41) is 0. The standard InChI is InChI=1S/C16H19N3O/c1-4-8-17-14(5-1)15-18-9-10-19(15)13-11-16(20-12-13)6-2-3-7-16/h1,4-5,8-10,13H,2-3,6-7,11-12H2. The topological polar surface area (TPSA) is 39.9 Å². The SMILES string of the molecule is c1ccc(-c2nccn2C2COC3(CCCC3)C2)nc1. The summed E-state index contributed by atoms with van der Waals surface area (Å²) in [6.07, 6.45) is 11.9. The predicted octanol–water partition coefficient (Wildman–Crippen LogP) is 3.22. The third-order valence-corrected chi connectivity index (χ3v) is 4.66. The van der Waals surface area contributed by atoms with Gasteiger partial charge in [0.05, 0.1) is 18.2 Å². The van der Waals surface area contributed by atoms with E-state index in [0.29, 0.717) is 6.04 Å². The van der Waals surface area contributed by atoms with E-state index in [1.54, 1.807) is 0 Å². The number of pyridine rings is 1. The minimum atomic E-state index is 0.149. The maximum absolute atomic E-state index is 6.16. The van der Waals surface area contributed by atoms with Crippen LogP contribution in [0, 0.1) is 0 Å². The normalized spacial score (nSPS) is 24.5. The molecule has 2 fully saturated rings. The van der Waals surface area contributed by atoms with E-state index in [4.69, 9.17) is 4.74 Å². The highest BCUT2D eigenvalue weighted by molar-refractivity contribution is 5.49. The maximum atomic E-state index is 6.16. The lowest BCUT2D eigenvalue weighted by Gasteiger charge is -2.21. The Bertz CT molecular complexity index is 587. The summed E-state index contributed by atoms with van der Waals surface area (Å²) in [5.74, 6) is 0.953. The van der Waals surface area contributed by atoms with Crippen molar-refractivity contribution in [2.24, 2.45) is 0 Å². The lowest BCUT2D eigenvalue weighted by atomic mass is 9.96. The van der Waals surface area contributed by atoms with Crippen LogP contribution >= 0.6 is 0 Å². The molecule has 0 N–H and O–H groups in total. The quantitative estimate of drug-likeness (QED) is 0.840. The molecule has 2 aromatic heterocycles. The average Bonchev–Trinajstić information content (AvgIpc) is 3.22.